The van der Waals surface area contributed by atoms with Gasteiger partial charge < -0.3 is 11.1 Å². The van der Waals surface area contributed by atoms with Crippen LogP contribution in [-0.2, 0) is 0 Å². The summed E-state index contributed by atoms with van der Waals surface area (Å²) in [5.41, 5.74) is 7.00. The number of aromatic nitrogens is 1. The van der Waals surface area contributed by atoms with Crippen LogP contribution in [0.1, 0.15) is 20.7 Å². The summed E-state index contributed by atoms with van der Waals surface area (Å²) in [5, 5.41) is 5.27. The Hall–Kier alpha value is -2.89. The zero-order valence-corrected chi connectivity index (χ0v) is 9.81. The van der Waals surface area contributed by atoms with Crippen molar-refractivity contribution in [2.45, 2.75) is 0 Å². The maximum absolute atomic E-state index is 11.5. The van der Waals surface area contributed by atoms with Crippen LogP contribution in [0.15, 0.2) is 36.4 Å². The van der Waals surface area contributed by atoms with Gasteiger partial charge in [0.1, 0.15) is 11.6 Å². The van der Waals surface area contributed by atoms with E-state index in [4.69, 9.17) is 5.73 Å². The summed E-state index contributed by atoms with van der Waals surface area (Å²) in [6, 6.07) is 10.1. The summed E-state index contributed by atoms with van der Waals surface area (Å²) >= 11 is 0. The number of carbonyl (C=O) groups is 2. The number of nitrogens with zero attached hydrogens (tertiary/aromatic N) is 1. The third-order valence-corrected chi connectivity index (χ3v) is 2.78. The second-order valence-corrected chi connectivity index (χ2v) is 4.12. The van der Waals surface area contributed by atoms with Crippen LogP contribution < -0.4 is 16.4 Å². The minimum Gasteiger partial charge on any atom is -0.384 e. The average molecular weight is 254 g/mol. The Morgan fingerprint density at radius 3 is 2.63 bits per heavy atom. The summed E-state index contributed by atoms with van der Waals surface area (Å²) in [5.74, 6) is 0.224. The van der Waals surface area contributed by atoms with Crippen LogP contribution in [0.5, 0.6) is 0 Å². The molecule has 2 heterocycles. The molecule has 2 amide bonds. The van der Waals surface area contributed by atoms with Gasteiger partial charge in [0.15, 0.2) is 0 Å². The molecule has 19 heavy (non-hydrogen) atoms. The van der Waals surface area contributed by atoms with Crippen molar-refractivity contribution in [2.75, 3.05) is 11.1 Å². The number of amides is 2. The number of fused-ring (bicyclic) bond motifs is 1. The highest BCUT2D eigenvalue weighted by Gasteiger charge is 2.26. The summed E-state index contributed by atoms with van der Waals surface area (Å²) in [4.78, 5) is 27.0. The minimum absolute atomic E-state index is 0.360. The fourth-order valence-corrected chi connectivity index (χ4v) is 1.91. The van der Waals surface area contributed by atoms with Crippen molar-refractivity contribution >= 4 is 29.1 Å². The lowest BCUT2D eigenvalue weighted by molar-refractivity contribution is 0.0879. The standard InChI is InChI=1S/C13H10N4O2/c14-10-2-1-3-11(16-10)15-7-4-5-8-9(6-7)13(19)17-12(8)18/h1-6H,(H3,14,15,16)(H,17,18,19). The Morgan fingerprint density at radius 1 is 1.05 bits per heavy atom. The molecule has 0 saturated heterocycles. The predicted molar refractivity (Wildman–Crippen MR) is 70.2 cm³/mol. The maximum atomic E-state index is 11.5. The first-order valence-electron chi connectivity index (χ1n) is 5.63. The van der Waals surface area contributed by atoms with Crippen molar-refractivity contribution in [1.29, 1.82) is 0 Å². The van der Waals surface area contributed by atoms with Gasteiger partial charge in [0.25, 0.3) is 11.8 Å². The molecule has 0 bridgehead atoms. The number of benzene rings is 1. The quantitative estimate of drug-likeness (QED) is 0.701. The first-order chi connectivity index (χ1) is 9.13. The number of carbonyl (C=O) groups excluding carboxylic acids is 2. The lowest BCUT2D eigenvalue weighted by Crippen LogP contribution is -2.19. The molecule has 1 aromatic carbocycles. The van der Waals surface area contributed by atoms with Crippen molar-refractivity contribution < 1.29 is 9.59 Å². The van der Waals surface area contributed by atoms with E-state index in [9.17, 15) is 9.59 Å². The highest BCUT2D eigenvalue weighted by atomic mass is 16.2. The molecule has 4 N–H and O–H groups in total. The second kappa shape index (κ2) is 4.09. The Labute approximate surface area is 108 Å². The number of nitrogen functional groups attached to an aromatic ring is 1. The van der Waals surface area contributed by atoms with Crippen molar-refractivity contribution in [3.63, 3.8) is 0 Å². The van der Waals surface area contributed by atoms with Crippen LogP contribution >= 0.6 is 0 Å². The van der Waals surface area contributed by atoms with Crippen molar-refractivity contribution in [3.8, 4) is 0 Å². The van der Waals surface area contributed by atoms with Gasteiger partial charge in [0.05, 0.1) is 11.1 Å². The van der Waals surface area contributed by atoms with E-state index in [2.05, 4.69) is 15.6 Å². The van der Waals surface area contributed by atoms with Gasteiger partial charge in [-0.15, -0.1) is 0 Å². The molecular formula is C13H10N4O2. The van der Waals surface area contributed by atoms with Crippen molar-refractivity contribution in [2.24, 2.45) is 0 Å². The van der Waals surface area contributed by atoms with Crippen LogP contribution in [0.25, 0.3) is 0 Å². The Morgan fingerprint density at radius 2 is 1.84 bits per heavy atom. The maximum Gasteiger partial charge on any atom is 0.259 e. The molecule has 0 unspecified atom stereocenters. The van der Waals surface area contributed by atoms with Gasteiger partial charge in [0, 0.05) is 5.69 Å². The fraction of sp³-hybridized carbons (Fsp3) is 0. The summed E-state index contributed by atoms with van der Waals surface area (Å²) in [6.45, 7) is 0. The molecule has 0 saturated carbocycles. The van der Waals surface area contributed by atoms with Gasteiger partial charge in [-0.1, -0.05) is 6.07 Å². The lowest BCUT2D eigenvalue weighted by atomic mass is 10.1. The first-order valence-corrected chi connectivity index (χ1v) is 5.63. The molecule has 94 valence electrons. The number of nitrogens with two attached hydrogens (primary N) is 1. The van der Waals surface area contributed by atoms with E-state index >= 15 is 0 Å². The smallest absolute Gasteiger partial charge is 0.259 e. The van der Waals surface area contributed by atoms with Crippen LogP contribution in [0.4, 0.5) is 17.3 Å². The molecule has 6 nitrogen and oxygen atoms in total. The summed E-state index contributed by atoms with van der Waals surface area (Å²) in [6.07, 6.45) is 0. The molecule has 0 aliphatic carbocycles. The van der Waals surface area contributed by atoms with Gasteiger partial charge in [-0.2, -0.15) is 0 Å². The SMILES string of the molecule is Nc1cccc(Nc2ccc3c(c2)C(=O)NC3=O)n1. The Balaban J connectivity index is 1.93. The topological polar surface area (TPSA) is 97.1 Å². The van der Waals surface area contributed by atoms with E-state index in [-0.39, 0.29) is 11.8 Å². The number of imide groups is 1. The van der Waals surface area contributed by atoms with Crippen LogP contribution in [0, 0.1) is 0 Å². The van der Waals surface area contributed by atoms with Crippen molar-refractivity contribution in [3.05, 3.63) is 47.5 Å². The van der Waals surface area contributed by atoms with Gasteiger partial charge in [0.2, 0.25) is 0 Å². The molecular weight excluding hydrogens is 244 g/mol. The fourth-order valence-electron chi connectivity index (χ4n) is 1.91. The second-order valence-electron chi connectivity index (χ2n) is 4.12. The molecule has 1 aliphatic heterocycles. The Bertz CT molecular complexity index is 697. The monoisotopic (exact) mass is 254 g/mol. The number of hydrogen-bond acceptors (Lipinski definition) is 5. The molecule has 0 fully saturated rings. The van der Waals surface area contributed by atoms with Gasteiger partial charge >= 0.3 is 0 Å². The van der Waals surface area contributed by atoms with E-state index in [0.29, 0.717) is 28.5 Å². The molecule has 0 radical (unpaired) electrons. The third-order valence-electron chi connectivity index (χ3n) is 2.78. The molecule has 2 aromatic rings. The Kier molecular flexibility index (Phi) is 2.42. The molecule has 0 atom stereocenters. The van der Waals surface area contributed by atoms with Crippen LogP contribution in [0.2, 0.25) is 0 Å². The van der Waals surface area contributed by atoms with Gasteiger partial charge in [-0.3, -0.25) is 14.9 Å². The molecule has 3 rings (SSSR count). The van der Waals surface area contributed by atoms with Crippen LogP contribution in [0.3, 0.4) is 0 Å². The zero-order valence-electron chi connectivity index (χ0n) is 9.81. The molecule has 0 spiro atoms. The van der Waals surface area contributed by atoms with E-state index in [1.165, 1.54) is 0 Å². The average Bonchev–Trinajstić information content (AvgIpc) is 2.65. The van der Waals surface area contributed by atoms with Gasteiger partial charge in [-0.05, 0) is 30.3 Å². The predicted octanol–water partition coefficient (Wildman–Crippen LogP) is 1.29. The number of anilines is 3. The first kappa shape index (κ1) is 11.2. The highest BCUT2D eigenvalue weighted by Crippen LogP contribution is 2.22. The zero-order chi connectivity index (χ0) is 13.4. The largest absolute Gasteiger partial charge is 0.384 e. The lowest BCUT2D eigenvalue weighted by Gasteiger charge is -2.06. The number of rotatable bonds is 2. The third kappa shape index (κ3) is 1.99. The number of pyridine rings is 1. The highest BCUT2D eigenvalue weighted by molar-refractivity contribution is 6.21. The van der Waals surface area contributed by atoms with Crippen LogP contribution in [-0.4, -0.2) is 16.8 Å². The van der Waals surface area contributed by atoms with E-state index in [1.54, 1.807) is 36.4 Å². The number of nitrogens with one attached hydrogen (secondary N) is 2. The van der Waals surface area contributed by atoms with Crippen molar-refractivity contribution in [1.82, 2.24) is 10.3 Å². The molecule has 1 aromatic heterocycles. The molecule has 1 aliphatic rings. The van der Waals surface area contributed by atoms with E-state index in [0.717, 1.165) is 0 Å². The normalized spacial score (nSPS) is 13.1. The summed E-state index contributed by atoms with van der Waals surface area (Å²) < 4.78 is 0. The number of hydrogen-bond donors (Lipinski definition) is 3. The minimum atomic E-state index is -0.385. The summed E-state index contributed by atoms with van der Waals surface area (Å²) in [7, 11) is 0. The van der Waals surface area contributed by atoms with Gasteiger partial charge in [-0.25, -0.2) is 4.98 Å². The molecule has 6 heteroatoms. The van der Waals surface area contributed by atoms with E-state index < -0.39 is 0 Å². The van der Waals surface area contributed by atoms with E-state index in [1.807, 2.05) is 0 Å².